The quantitative estimate of drug-likeness (QED) is 0.913. The van der Waals surface area contributed by atoms with Gasteiger partial charge in [-0.15, -0.1) is 0 Å². The summed E-state index contributed by atoms with van der Waals surface area (Å²) in [6.07, 6.45) is 0. The molecule has 0 fully saturated rings. The second-order valence-corrected chi connectivity index (χ2v) is 5.39. The lowest BCUT2D eigenvalue weighted by atomic mass is 10.0. The maximum absolute atomic E-state index is 12.2. The van der Waals surface area contributed by atoms with Crippen molar-refractivity contribution < 1.29 is 4.79 Å². The van der Waals surface area contributed by atoms with E-state index in [1.165, 1.54) is 0 Å². The number of nitrogens with two attached hydrogens (primary N) is 1. The summed E-state index contributed by atoms with van der Waals surface area (Å²) in [5, 5.41) is 0.674. The number of hydrogen-bond donors (Lipinski definition) is 1. The van der Waals surface area contributed by atoms with Gasteiger partial charge < -0.3 is 10.6 Å². The molecule has 1 rings (SSSR count). The third-order valence-electron chi connectivity index (χ3n) is 3.26. The van der Waals surface area contributed by atoms with Gasteiger partial charge in [-0.1, -0.05) is 37.6 Å². The summed E-state index contributed by atoms with van der Waals surface area (Å²) >= 11 is 5.96. The van der Waals surface area contributed by atoms with Crippen molar-refractivity contribution in [3.05, 3.63) is 34.9 Å². The Morgan fingerprint density at radius 1 is 1.33 bits per heavy atom. The van der Waals surface area contributed by atoms with Gasteiger partial charge in [0, 0.05) is 12.1 Å². The van der Waals surface area contributed by atoms with Crippen LogP contribution in [0.3, 0.4) is 0 Å². The van der Waals surface area contributed by atoms with E-state index in [1.807, 2.05) is 45.0 Å². The number of likely N-dealkylation sites (N-methyl/N-ethyl adjacent to an activating group) is 1. The number of halogens is 1. The molecule has 0 aliphatic heterocycles. The standard InChI is InChI=1S/C14H21ClN2O/c1-9(2)13(16)14(18)17(4)10(3)11-6-5-7-12(15)8-11/h5-10,13H,16H2,1-4H3/t10?,13-/m1/s1. The average Bonchev–Trinajstić information content (AvgIpc) is 2.35. The van der Waals surface area contributed by atoms with Crippen LogP contribution < -0.4 is 5.73 Å². The number of carbonyl (C=O) groups is 1. The van der Waals surface area contributed by atoms with Crippen LogP contribution in [-0.4, -0.2) is 23.9 Å². The third kappa shape index (κ3) is 3.47. The summed E-state index contributed by atoms with van der Waals surface area (Å²) in [4.78, 5) is 13.8. The number of nitrogens with zero attached hydrogens (tertiary/aromatic N) is 1. The van der Waals surface area contributed by atoms with Crippen LogP contribution in [0.1, 0.15) is 32.4 Å². The molecular weight excluding hydrogens is 248 g/mol. The van der Waals surface area contributed by atoms with Gasteiger partial charge in [-0.3, -0.25) is 4.79 Å². The zero-order valence-corrected chi connectivity index (χ0v) is 12.1. The molecule has 4 heteroatoms. The van der Waals surface area contributed by atoms with Gasteiger partial charge in [-0.2, -0.15) is 0 Å². The van der Waals surface area contributed by atoms with E-state index in [9.17, 15) is 4.79 Å². The molecule has 1 aromatic rings. The Bertz CT molecular complexity index is 420. The summed E-state index contributed by atoms with van der Waals surface area (Å²) in [5.41, 5.74) is 6.90. The van der Waals surface area contributed by atoms with Crippen LogP contribution in [0.2, 0.25) is 5.02 Å². The topological polar surface area (TPSA) is 46.3 Å². The lowest BCUT2D eigenvalue weighted by Crippen LogP contribution is -2.45. The van der Waals surface area contributed by atoms with E-state index in [0.717, 1.165) is 5.56 Å². The molecule has 100 valence electrons. The molecule has 1 aromatic carbocycles. The normalized spacial score (nSPS) is 14.4. The zero-order valence-electron chi connectivity index (χ0n) is 11.4. The van der Waals surface area contributed by atoms with Crippen molar-refractivity contribution in [3.63, 3.8) is 0 Å². The largest absolute Gasteiger partial charge is 0.338 e. The van der Waals surface area contributed by atoms with Crippen LogP contribution in [0.5, 0.6) is 0 Å². The van der Waals surface area contributed by atoms with Crippen molar-refractivity contribution in [2.45, 2.75) is 32.9 Å². The van der Waals surface area contributed by atoms with E-state index in [-0.39, 0.29) is 17.9 Å². The fraction of sp³-hybridized carbons (Fsp3) is 0.500. The molecule has 2 atom stereocenters. The summed E-state index contributed by atoms with van der Waals surface area (Å²) in [6, 6.07) is 7.03. The fourth-order valence-corrected chi connectivity index (χ4v) is 1.90. The summed E-state index contributed by atoms with van der Waals surface area (Å²) in [6.45, 7) is 5.86. The van der Waals surface area contributed by atoms with Crippen LogP contribution in [0.4, 0.5) is 0 Å². The van der Waals surface area contributed by atoms with Crippen molar-refractivity contribution in [2.75, 3.05) is 7.05 Å². The molecular formula is C14H21ClN2O. The summed E-state index contributed by atoms with van der Waals surface area (Å²) < 4.78 is 0. The summed E-state index contributed by atoms with van der Waals surface area (Å²) in [7, 11) is 1.77. The molecule has 0 aliphatic rings. The van der Waals surface area contributed by atoms with Crippen LogP contribution in [0, 0.1) is 5.92 Å². The highest BCUT2D eigenvalue weighted by Gasteiger charge is 2.24. The Morgan fingerprint density at radius 3 is 2.44 bits per heavy atom. The Kier molecular flexibility index (Phi) is 5.17. The predicted octanol–water partition coefficient (Wildman–Crippen LogP) is 2.84. The van der Waals surface area contributed by atoms with Gasteiger partial charge in [0.2, 0.25) is 5.91 Å². The van der Waals surface area contributed by atoms with E-state index >= 15 is 0 Å². The van der Waals surface area contributed by atoms with Crippen LogP contribution in [0.25, 0.3) is 0 Å². The highest BCUT2D eigenvalue weighted by Crippen LogP contribution is 2.22. The Labute approximate surface area is 114 Å². The third-order valence-corrected chi connectivity index (χ3v) is 3.50. The molecule has 1 amide bonds. The maximum Gasteiger partial charge on any atom is 0.239 e. The lowest BCUT2D eigenvalue weighted by molar-refractivity contribution is -0.134. The molecule has 0 spiro atoms. The highest BCUT2D eigenvalue weighted by molar-refractivity contribution is 6.30. The first-order chi connectivity index (χ1) is 8.34. The number of carbonyl (C=O) groups excluding carboxylic acids is 1. The van der Waals surface area contributed by atoms with Crippen LogP contribution in [-0.2, 0) is 4.79 Å². The first-order valence-electron chi connectivity index (χ1n) is 6.12. The number of rotatable bonds is 4. The molecule has 0 saturated heterocycles. The number of amides is 1. The lowest BCUT2D eigenvalue weighted by Gasteiger charge is -2.29. The van der Waals surface area contributed by atoms with Crippen LogP contribution in [0.15, 0.2) is 24.3 Å². The average molecular weight is 269 g/mol. The van der Waals surface area contributed by atoms with E-state index < -0.39 is 6.04 Å². The van der Waals surface area contributed by atoms with Crippen molar-refractivity contribution in [1.29, 1.82) is 0 Å². The smallest absolute Gasteiger partial charge is 0.239 e. The molecule has 0 saturated carbocycles. The predicted molar refractivity (Wildman–Crippen MR) is 75.5 cm³/mol. The first-order valence-corrected chi connectivity index (χ1v) is 6.50. The Balaban J connectivity index is 2.84. The molecule has 3 nitrogen and oxygen atoms in total. The van der Waals surface area contributed by atoms with E-state index in [0.29, 0.717) is 5.02 Å². The Morgan fingerprint density at radius 2 is 1.94 bits per heavy atom. The number of benzene rings is 1. The number of hydrogen-bond acceptors (Lipinski definition) is 2. The molecule has 0 heterocycles. The Hall–Kier alpha value is -1.06. The van der Waals surface area contributed by atoms with E-state index in [1.54, 1.807) is 11.9 Å². The second-order valence-electron chi connectivity index (χ2n) is 4.95. The zero-order chi connectivity index (χ0) is 13.9. The highest BCUT2D eigenvalue weighted by atomic mass is 35.5. The first kappa shape index (κ1) is 15.0. The van der Waals surface area contributed by atoms with Gasteiger partial charge in [-0.25, -0.2) is 0 Å². The van der Waals surface area contributed by atoms with Gasteiger partial charge in [-0.05, 0) is 30.5 Å². The fourth-order valence-electron chi connectivity index (χ4n) is 1.70. The monoisotopic (exact) mass is 268 g/mol. The molecule has 18 heavy (non-hydrogen) atoms. The van der Waals surface area contributed by atoms with Gasteiger partial charge in [0.1, 0.15) is 0 Å². The minimum atomic E-state index is -0.461. The van der Waals surface area contributed by atoms with E-state index in [4.69, 9.17) is 17.3 Å². The van der Waals surface area contributed by atoms with Gasteiger partial charge in [0.15, 0.2) is 0 Å². The van der Waals surface area contributed by atoms with Crippen molar-refractivity contribution >= 4 is 17.5 Å². The molecule has 0 radical (unpaired) electrons. The molecule has 0 aromatic heterocycles. The SMILES string of the molecule is CC(C)[C@@H](N)C(=O)N(C)C(C)c1cccc(Cl)c1. The summed E-state index contributed by atoms with van der Waals surface area (Å²) in [5.74, 6) is 0.0870. The van der Waals surface area contributed by atoms with Crippen LogP contribution >= 0.6 is 11.6 Å². The van der Waals surface area contributed by atoms with E-state index in [2.05, 4.69) is 0 Å². The minimum Gasteiger partial charge on any atom is -0.338 e. The minimum absolute atomic E-state index is 0.0407. The molecule has 2 N–H and O–H groups in total. The van der Waals surface area contributed by atoms with Gasteiger partial charge >= 0.3 is 0 Å². The van der Waals surface area contributed by atoms with Crippen molar-refractivity contribution in [2.24, 2.45) is 11.7 Å². The maximum atomic E-state index is 12.2. The van der Waals surface area contributed by atoms with Crippen molar-refractivity contribution in [1.82, 2.24) is 4.90 Å². The van der Waals surface area contributed by atoms with Crippen molar-refractivity contribution in [3.8, 4) is 0 Å². The molecule has 0 aliphatic carbocycles. The molecule has 0 bridgehead atoms. The molecule has 1 unspecified atom stereocenters. The van der Waals surface area contributed by atoms with Gasteiger partial charge in [0.05, 0.1) is 12.1 Å². The van der Waals surface area contributed by atoms with Gasteiger partial charge in [0.25, 0.3) is 0 Å². The second kappa shape index (κ2) is 6.21.